The monoisotopic (exact) mass is 218 g/mol. The van der Waals surface area contributed by atoms with Gasteiger partial charge in [0, 0.05) is 25.7 Å². The van der Waals surface area contributed by atoms with Crippen LogP contribution in [-0.4, -0.2) is 37.1 Å². The average molecular weight is 218 g/mol. The fourth-order valence-electron chi connectivity index (χ4n) is 2.45. The summed E-state index contributed by atoms with van der Waals surface area (Å²) in [5, 5.41) is 3.61. The molecule has 1 heterocycles. The van der Waals surface area contributed by atoms with Crippen molar-refractivity contribution in [2.75, 3.05) is 26.2 Å². The molecule has 1 fully saturated rings. The van der Waals surface area contributed by atoms with Crippen molar-refractivity contribution < 1.29 is 0 Å². The van der Waals surface area contributed by atoms with Crippen LogP contribution in [-0.2, 0) is 6.42 Å². The van der Waals surface area contributed by atoms with Crippen LogP contribution in [0.3, 0.4) is 0 Å². The van der Waals surface area contributed by atoms with E-state index in [1.807, 2.05) is 0 Å². The van der Waals surface area contributed by atoms with E-state index in [0.29, 0.717) is 6.04 Å². The highest BCUT2D eigenvalue weighted by atomic mass is 15.2. The smallest absolute Gasteiger partial charge is 0.0235 e. The number of piperazine rings is 1. The second kappa shape index (κ2) is 6.02. The van der Waals surface area contributed by atoms with Crippen LogP contribution in [0.5, 0.6) is 0 Å². The molecule has 1 saturated heterocycles. The Morgan fingerprint density at radius 1 is 1.31 bits per heavy atom. The molecule has 0 spiro atoms. The lowest BCUT2D eigenvalue weighted by atomic mass is 10.0. The first-order valence-corrected chi connectivity index (χ1v) is 6.38. The quantitative estimate of drug-likeness (QED) is 0.830. The molecule has 1 unspecified atom stereocenters. The number of nitrogens with one attached hydrogen (secondary N) is 1. The molecule has 1 aromatic rings. The molecule has 16 heavy (non-hydrogen) atoms. The van der Waals surface area contributed by atoms with Crippen LogP contribution in [0.2, 0.25) is 0 Å². The van der Waals surface area contributed by atoms with Crippen LogP contribution in [0.25, 0.3) is 0 Å². The Morgan fingerprint density at radius 2 is 2.12 bits per heavy atom. The first kappa shape index (κ1) is 11.6. The van der Waals surface area contributed by atoms with Crippen molar-refractivity contribution in [2.24, 2.45) is 0 Å². The second-order valence-corrected chi connectivity index (χ2v) is 4.64. The molecule has 1 N–H and O–H groups in total. The fourth-order valence-corrected chi connectivity index (χ4v) is 2.45. The zero-order valence-electron chi connectivity index (χ0n) is 10.2. The van der Waals surface area contributed by atoms with Crippen molar-refractivity contribution in [3.63, 3.8) is 0 Å². The van der Waals surface area contributed by atoms with E-state index in [-0.39, 0.29) is 0 Å². The number of benzene rings is 1. The van der Waals surface area contributed by atoms with Gasteiger partial charge in [0.05, 0.1) is 0 Å². The van der Waals surface area contributed by atoms with Crippen molar-refractivity contribution in [3.8, 4) is 0 Å². The van der Waals surface area contributed by atoms with Crippen LogP contribution in [0.4, 0.5) is 0 Å². The van der Waals surface area contributed by atoms with Gasteiger partial charge in [-0.25, -0.2) is 0 Å². The topological polar surface area (TPSA) is 15.3 Å². The SMILES string of the molecule is CCCN1CCNC(Cc2ccccc2)C1. The van der Waals surface area contributed by atoms with E-state index in [0.717, 1.165) is 13.0 Å². The van der Waals surface area contributed by atoms with E-state index in [9.17, 15) is 0 Å². The Hall–Kier alpha value is -0.860. The summed E-state index contributed by atoms with van der Waals surface area (Å²) >= 11 is 0. The van der Waals surface area contributed by atoms with Gasteiger partial charge in [-0.2, -0.15) is 0 Å². The highest BCUT2D eigenvalue weighted by Crippen LogP contribution is 2.07. The van der Waals surface area contributed by atoms with Crippen LogP contribution in [0, 0.1) is 0 Å². The van der Waals surface area contributed by atoms with Crippen molar-refractivity contribution in [3.05, 3.63) is 35.9 Å². The number of nitrogens with zero attached hydrogens (tertiary/aromatic N) is 1. The molecule has 2 nitrogen and oxygen atoms in total. The van der Waals surface area contributed by atoms with Gasteiger partial charge >= 0.3 is 0 Å². The molecule has 0 aliphatic carbocycles. The molecule has 0 bridgehead atoms. The Bertz CT molecular complexity index is 295. The summed E-state index contributed by atoms with van der Waals surface area (Å²) in [5.74, 6) is 0. The maximum atomic E-state index is 3.61. The van der Waals surface area contributed by atoms with Gasteiger partial charge in [0.25, 0.3) is 0 Å². The minimum Gasteiger partial charge on any atom is -0.311 e. The third-order valence-electron chi connectivity index (χ3n) is 3.20. The highest BCUT2D eigenvalue weighted by molar-refractivity contribution is 5.16. The number of rotatable bonds is 4. The predicted molar refractivity (Wildman–Crippen MR) is 68.7 cm³/mol. The summed E-state index contributed by atoms with van der Waals surface area (Å²) in [6.45, 7) is 7.04. The summed E-state index contributed by atoms with van der Waals surface area (Å²) < 4.78 is 0. The summed E-state index contributed by atoms with van der Waals surface area (Å²) in [5.41, 5.74) is 1.44. The summed E-state index contributed by atoms with van der Waals surface area (Å²) in [7, 11) is 0. The molecule has 1 atom stereocenters. The van der Waals surface area contributed by atoms with E-state index in [1.165, 1.54) is 31.6 Å². The largest absolute Gasteiger partial charge is 0.311 e. The lowest BCUT2D eigenvalue weighted by Gasteiger charge is -2.33. The molecule has 0 saturated carbocycles. The van der Waals surface area contributed by atoms with Gasteiger partial charge < -0.3 is 10.2 Å². The van der Waals surface area contributed by atoms with Crippen LogP contribution in [0.1, 0.15) is 18.9 Å². The van der Waals surface area contributed by atoms with E-state index >= 15 is 0 Å². The molecule has 2 heteroatoms. The van der Waals surface area contributed by atoms with Gasteiger partial charge in [0.15, 0.2) is 0 Å². The van der Waals surface area contributed by atoms with Gasteiger partial charge in [0.2, 0.25) is 0 Å². The van der Waals surface area contributed by atoms with E-state index in [2.05, 4.69) is 47.5 Å². The fraction of sp³-hybridized carbons (Fsp3) is 0.571. The first-order chi connectivity index (χ1) is 7.88. The molecule has 1 aromatic carbocycles. The van der Waals surface area contributed by atoms with Crippen molar-refractivity contribution in [2.45, 2.75) is 25.8 Å². The van der Waals surface area contributed by atoms with Gasteiger partial charge in [-0.05, 0) is 24.9 Å². The highest BCUT2D eigenvalue weighted by Gasteiger charge is 2.18. The maximum absolute atomic E-state index is 3.61. The third kappa shape index (κ3) is 3.32. The Kier molecular flexibility index (Phi) is 4.37. The minimum atomic E-state index is 0.628. The molecule has 1 aliphatic rings. The van der Waals surface area contributed by atoms with Crippen LogP contribution in [0.15, 0.2) is 30.3 Å². The average Bonchev–Trinajstić information content (AvgIpc) is 2.31. The number of hydrogen-bond donors (Lipinski definition) is 1. The van der Waals surface area contributed by atoms with E-state index < -0.39 is 0 Å². The normalized spacial score (nSPS) is 22.2. The molecule has 0 radical (unpaired) electrons. The molecule has 0 aromatic heterocycles. The van der Waals surface area contributed by atoms with Crippen molar-refractivity contribution >= 4 is 0 Å². The Balaban J connectivity index is 1.85. The third-order valence-corrected chi connectivity index (χ3v) is 3.20. The second-order valence-electron chi connectivity index (χ2n) is 4.64. The zero-order chi connectivity index (χ0) is 11.2. The summed E-state index contributed by atoms with van der Waals surface area (Å²) in [4.78, 5) is 2.57. The Labute approximate surface area is 98.7 Å². The first-order valence-electron chi connectivity index (χ1n) is 6.38. The molecule has 1 aliphatic heterocycles. The minimum absolute atomic E-state index is 0.628. The van der Waals surface area contributed by atoms with Crippen LogP contribution < -0.4 is 5.32 Å². The molecule has 2 rings (SSSR count). The molecule has 0 amide bonds. The molecular weight excluding hydrogens is 196 g/mol. The predicted octanol–water partition coefficient (Wildman–Crippen LogP) is 1.91. The van der Waals surface area contributed by atoms with Gasteiger partial charge in [0.1, 0.15) is 0 Å². The standard InChI is InChI=1S/C14H22N2/c1-2-9-16-10-8-15-14(12-16)11-13-6-4-3-5-7-13/h3-7,14-15H,2,8-12H2,1H3. The van der Waals surface area contributed by atoms with Gasteiger partial charge in [-0.1, -0.05) is 37.3 Å². The van der Waals surface area contributed by atoms with Gasteiger partial charge in [-0.15, -0.1) is 0 Å². The Morgan fingerprint density at radius 3 is 2.88 bits per heavy atom. The van der Waals surface area contributed by atoms with Crippen molar-refractivity contribution in [1.82, 2.24) is 10.2 Å². The molecular formula is C14H22N2. The van der Waals surface area contributed by atoms with Gasteiger partial charge in [-0.3, -0.25) is 0 Å². The molecule has 88 valence electrons. The van der Waals surface area contributed by atoms with Crippen molar-refractivity contribution in [1.29, 1.82) is 0 Å². The summed E-state index contributed by atoms with van der Waals surface area (Å²) in [6, 6.07) is 11.4. The lowest BCUT2D eigenvalue weighted by molar-refractivity contribution is 0.199. The number of hydrogen-bond acceptors (Lipinski definition) is 2. The summed E-state index contributed by atoms with van der Waals surface area (Å²) in [6.07, 6.45) is 2.42. The van der Waals surface area contributed by atoms with E-state index in [1.54, 1.807) is 0 Å². The zero-order valence-corrected chi connectivity index (χ0v) is 10.2. The van der Waals surface area contributed by atoms with Crippen LogP contribution >= 0.6 is 0 Å². The van der Waals surface area contributed by atoms with E-state index in [4.69, 9.17) is 0 Å². The maximum Gasteiger partial charge on any atom is 0.0235 e. The lowest BCUT2D eigenvalue weighted by Crippen LogP contribution is -2.51.